The molecular formula is C28H34N6O. The van der Waals surface area contributed by atoms with Crippen molar-refractivity contribution in [2.24, 2.45) is 11.3 Å². The van der Waals surface area contributed by atoms with Crippen molar-refractivity contribution in [1.29, 1.82) is 0 Å². The normalized spacial score (nSPS) is 22.1. The van der Waals surface area contributed by atoms with Gasteiger partial charge in [0.1, 0.15) is 5.65 Å². The molecule has 4 aliphatic rings. The summed E-state index contributed by atoms with van der Waals surface area (Å²) in [5, 5.41) is 0. The van der Waals surface area contributed by atoms with E-state index in [0.29, 0.717) is 5.41 Å². The molecule has 2 aromatic heterocycles. The Kier molecular flexibility index (Phi) is 4.68. The van der Waals surface area contributed by atoms with Gasteiger partial charge in [-0.15, -0.1) is 0 Å². The summed E-state index contributed by atoms with van der Waals surface area (Å²) in [6, 6.07) is 8.60. The maximum absolute atomic E-state index is 12.2. The summed E-state index contributed by atoms with van der Waals surface area (Å²) in [7, 11) is 1.88. The Morgan fingerprint density at radius 2 is 1.86 bits per heavy atom. The summed E-state index contributed by atoms with van der Waals surface area (Å²) in [5.41, 5.74) is 7.54. The number of likely N-dealkylation sites (tertiary alicyclic amines) is 1. The quantitative estimate of drug-likeness (QED) is 0.586. The number of carbonyl (C=O) groups excluding carboxylic acids is 1. The molecule has 7 nitrogen and oxygen atoms in total. The van der Waals surface area contributed by atoms with Gasteiger partial charge in [0.15, 0.2) is 0 Å². The van der Waals surface area contributed by atoms with Crippen molar-refractivity contribution in [3.8, 4) is 0 Å². The van der Waals surface area contributed by atoms with Gasteiger partial charge >= 0.3 is 0 Å². The highest BCUT2D eigenvalue weighted by molar-refractivity contribution is 5.98. The molecule has 3 aromatic rings. The Labute approximate surface area is 206 Å². The monoisotopic (exact) mass is 470 g/mol. The van der Waals surface area contributed by atoms with Gasteiger partial charge in [-0.05, 0) is 61.1 Å². The highest BCUT2D eigenvalue weighted by Crippen LogP contribution is 2.43. The van der Waals surface area contributed by atoms with Crippen LogP contribution < -0.4 is 9.80 Å². The molecule has 35 heavy (non-hydrogen) atoms. The van der Waals surface area contributed by atoms with Gasteiger partial charge in [0.05, 0.1) is 5.69 Å². The molecule has 4 aliphatic heterocycles. The van der Waals surface area contributed by atoms with E-state index in [1.165, 1.54) is 55.0 Å². The van der Waals surface area contributed by atoms with E-state index < -0.39 is 0 Å². The predicted octanol–water partition coefficient (Wildman–Crippen LogP) is 3.27. The topological polar surface area (TPSA) is 47.3 Å². The second kappa shape index (κ2) is 7.72. The van der Waals surface area contributed by atoms with Crippen LogP contribution in [0.15, 0.2) is 42.9 Å². The Balaban J connectivity index is 0.898. The van der Waals surface area contributed by atoms with Crippen molar-refractivity contribution in [3.63, 3.8) is 0 Å². The number of piperidine rings is 1. The number of pyridine rings is 1. The minimum absolute atomic E-state index is 0.154. The zero-order chi connectivity index (χ0) is 23.7. The van der Waals surface area contributed by atoms with Crippen LogP contribution in [-0.2, 0) is 6.54 Å². The number of hydrogen-bond donors (Lipinski definition) is 0. The van der Waals surface area contributed by atoms with E-state index in [1.807, 2.05) is 25.5 Å². The minimum atomic E-state index is 0.154. The molecule has 1 aromatic carbocycles. The highest BCUT2D eigenvalue weighted by Gasteiger charge is 2.52. The Morgan fingerprint density at radius 1 is 1.06 bits per heavy atom. The lowest BCUT2D eigenvalue weighted by atomic mass is 9.72. The summed E-state index contributed by atoms with van der Waals surface area (Å²) >= 11 is 0. The summed E-state index contributed by atoms with van der Waals surface area (Å²) < 4.78 is 2.14. The Morgan fingerprint density at radius 3 is 2.66 bits per heavy atom. The molecule has 3 fully saturated rings. The van der Waals surface area contributed by atoms with Crippen molar-refractivity contribution in [3.05, 3.63) is 59.5 Å². The number of benzene rings is 1. The van der Waals surface area contributed by atoms with Crippen LogP contribution in [0.3, 0.4) is 0 Å². The number of aryl methyl sites for hydroxylation is 1. The molecule has 0 bridgehead atoms. The molecule has 0 saturated carbocycles. The largest absolute Gasteiger partial charge is 0.370 e. The molecule has 3 saturated heterocycles. The number of hydrogen-bond acceptors (Lipinski definition) is 5. The third-order valence-corrected chi connectivity index (χ3v) is 8.79. The van der Waals surface area contributed by atoms with Crippen molar-refractivity contribution in [2.45, 2.75) is 26.3 Å². The maximum Gasteiger partial charge on any atom is 0.254 e. The van der Waals surface area contributed by atoms with Gasteiger partial charge in [-0.25, -0.2) is 4.98 Å². The van der Waals surface area contributed by atoms with E-state index in [4.69, 9.17) is 0 Å². The Hall–Kier alpha value is -3.06. The van der Waals surface area contributed by atoms with E-state index in [-0.39, 0.29) is 5.91 Å². The number of anilines is 2. The average molecular weight is 471 g/mol. The minimum Gasteiger partial charge on any atom is -0.370 e. The van der Waals surface area contributed by atoms with Crippen molar-refractivity contribution >= 4 is 22.9 Å². The molecule has 0 radical (unpaired) electrons. The molecule has 0 unspecified atom stereocenters. The van der Waals surface area contributed by atoms with Gasteiger partial charge in [-0.3, -0.25) is 4.79 Å². The lowest BCUT2D eigenvalue weighted by Crippen LogP contribution is -2.72. The van der Waals surface area contributed by atoms with Crippen molar-refractivity contribution in [2.75, 3.05) is 62.7 Å². The van der Waals surface area contributed by atoms with Crippen molar-refractivity contribution < 1.29 is 4.79 Å². The first-order valence-corrected chi connectivity index (χ1v) is 13.0. The van der Waals surface area contributed by atoms with E-state index in [1.54, 1.807) is 4.90 Å². The number of nitrogens with zero attached hydrogens (tertiary/aromatic N) is 6. The number of imidazole rings is 1. The van der Waals surface area contributed by atoms with Crippen LogP contribution in [0, 0.1) is 18.3 Å². The van der Waals surface area contributed by atoms with Crippen LogP contribution in [-0.4, -0.2) is 78.0 Å². The molecule has 182 valence electrons. The standard InChI is InChI=1S/C28H34N6O/c1-20-11-26-29-7-10-33(26)15-25(20)32-8-5-21(6-9-32)13-31-16-28(17-31)18-34(19-28)23-3-4-24-22(12-23)14-30(2)27(24)35/h3-4,7,10-12,15,21H,5-6,8-9,13-14,16-19H2,1-2H3. The highest BCUT2D eigenvalue weighted by atomic mass is 16.2. The summed E-state index contributed by atoms with van der Waals surface area (Å²) in [6.45, 7) is 11.3. The number of carbonyl (C=O) groups is 1. The van der Waals surface area contributed by atoms with E-state index >= 15 is 0 Å². The van der Waals surface area contributed by atoms with Gasteiger partial charge < -0.3 is 24.0 Å². The van der Waals surface area contributed by atoms with Crippen molar-refractivity contribution in [1.82, 2.24) is 19.2 Å². The third kappa shape index (κ3) is 3.51. The SMILES string of the molecule is Cc1cc2nccn2cc1N1CCC(CN2CC3(C2)CN(c2ccc4c(c2)CN(C)C4=O)C3)CC1. The molecule has 1 spiro atoms. The molecule has 0 N–H and O–H groups in total. The number of fused-ring (bicyclic) bond motifs is 2. The fourth-order valence-corrected chi connectivity index (χ4v) is 6.93. The first kappa shape index (κ1) is 21.2. The van der Waals surface area contributed by atoms with Gasteiger partial charge in [-0.1, -0.05) is 0 Å². The second-order valence-electron chi connectivity index (χ2n) is 11.5. The molecule has 7 heteroatoms. The molecule has 7 rings (SSSR count). The number of amides is 1. The lowest BCUT2D eigenvalue weighted by Gasteiger charge is -2.61. The van der Waals surface area contributed by atoms with Gasteiger partial charge in [0.25, 0.3) is 5.91 Å². The lowest BCUT2D eigenvalue weighted by molar-refractivity contribution is -0.0323. The summed E-state index contributed by atoms with van der Waals surface area (Å²) in [6.07, 6.45) is 8.71. The van der Waals surface area contributed by atoms with Gasteiger partial charge in [-0.2, -0.15) is 0 Å². The van der Waals surface area contributed by atoms with Crippen LogP contribution in [0.2, 0.25) is 0 Å². The Bertz CT molecular complexity index is 1290. The summed E-state index contributed by atoms with van der Waals surface area (Å²) in [4.78, 5) is 26.1. The maximum atomic E-state index is 12.2. The first-order chi connectivity index (χ1) is 17.0. The third-order valence-electron chi connectivity index (χ3n) is 8.79. The van der Waals surface area contributed by atoms with Crippen LogP contribution in [0.25, 0.3) is 5.65 Å². The first-order valence-electron chi connectivity index (χ1n) is 13.0. The van der Waals surface area contributed by atoms with Crippen LogP contribution in [0.1, 0.15) is 34.3 Å². The molecule has 0 aliphatic carbocycles. The van der Waals surface area contributed by atoms with Crippen LogP contribution in [0.5, 0.6) is 0 Å². The van der Waals surface area contributed by atoms with E-state index in [2.05, 4.69) is 55.4 Å². The van der Waals surface area contributed by atoms with E-state index in [0.717, 1.165) is 49.9 Å². The van der Waals surface area contributed by atoms with E-state index in [9.17, 15) is 4.79 Å². The molecule has 0 atom stereocenters. The number of rotatable bonds is 4. The van der Waals surface area contributed by atoms with Gasteiger partial charge in [0, 0.05) is 94.7 Å². The molecule has 6 heterocycles. The number of aromatic nitrogens is 2. The average Bonchev–Trinajstić information content (AvgIpc) is 3.37. The fourth-order valence-electron chi connectivity index (χ4n) is 6.93. The smallest absolute Gasteiger partial charge is 0.254 e. The van der Waals surface area contributed by atoms with Gasteiger partial charge in [0.2, 0.25) is 0 Å². The predicted molar refractivity (Wildman–Crippen MR) is 138 cm³/mol. The zero-order valence-corrected chi connectivity index (χ0v) is 20.8. The molecule has 1 amide bonds. The van der Waals surface area contributed by atoms with Crippen LogP contribution in [0.4, 0.5) is 11.4 Å². The fraction of sp³-hybridized carbons (Fsp3) is 0.500. The second-order valence-corrected chi connectivity index (χ2v) is 11.5. The zero-order valence-electron chi connectivity index (χ0n) is 20.8. The molecular weight excluding hydrogens is 436 g/mol. The summed E-state index contributed by atoms with van der Waals surface area (Å²) in [5.74, 6) is 0.963. The van der Waals surface area contributed by atoms with Crippen LogP contribution >= 0.6 is 0 Å².